The first-order valence-electron chi connectivity index (χ1n) is 7.89. The van der Waals surface area contributed by atoms with E-state index < -0.39 is 8.07 Å². The highest BCUT2D eigenvalue weighted by Gasteiger charge is 2.23. The maximum absolute atomic E-state index is 12.1. The molecule has 0 aliphatic carbocycles. The first-order chi connectivity index (χ1) is 11.0. The summed E-state index contributed by atoms with van der Waals surface area (Å²) in [6.45, 7) is 6.47. The van der Waals surface area contributed by atoms with Crippen molar-refractivity contribution < 1.29 is 14.3 Å². The van der Waals surface area contributed by atoms with Crippen LogP contribution in [0.25, 0.3) is 0 Å². The highest BCUT2D eigenvalue weighted by Crippen LogP contribution is 2.10. The molecule has 1 aromatic carbocycles. The van der Waals surface area contributed by atoms with Crippen molar-refractivity contribution in [1.29, 1.82) is 0 Å². The molecule has 0 saturated heterocycles. The number of aldehydes is 1. The molecule has 1 rings (SSSR count). The molecule has 0 bridgehead atoms. The van der Waals surface area contributed by atoms with E-state index >= 15 is 0 Å². The first-order valence-corrected chi connectivity index (χ1v) is 11.0. The van der Waals surface area contributed by atoms with Crippen molar-refractivity contribution in [3.05, 3.63) is 41.6 Å². The van der Waals surface area contributed by atoms with E-state index in [4.69, 9.17) is 4.74 Å². The van der Waals surface area contributed by atoms with Gasteiger partial charge < -0.3 is 9.53 Å². The summed E-state index contributed by atoms with van der Waals surface area (Å²) in [5.74, 6) is 5.55. The predicted octanol–water partition coefficient (Wildman–Crippen LogP) is 3.00. The summed E-state index contributed by atoms with van der Waals surface area (Å²) in [6.07, 6.45) is 2.70. The van der Waals surface area contributed by atoms with Crippen LogP contribution in [0.3, 0.4) is 0 Å². The lowest BCUT2D eigenvalue weighted by Gasteiger charge is -2.19. The number of carbonyl (C=O) groups is 2. The summed E-state index contributed by atoms with van der Waals surface area (Å²) in [5.41, 5.74) is 2.42. The summed E-state index contributed by atoms with van der Waals surface area (Å²) >= 11 is 0. The van der Waals surface area contributed by atoms with Gasteiger partial charge in [0, 0.05) is 12.8 Å². The molecular formula is C19H24O3Si. The van der Waals surface area contributed by atoms with E-state index in [2.05, 4.69) is 37.1 Å². The van der Waals surface area contributed by atoms with Gasteiger partial charge in [-0.15, -0.1) is 0 Å². The third-order valence-corrected chi connectivity index (χ3v) is 6.20. The van der Waals surface area contributed by atoms with Crippen molar-refractivity contribution >= 4 is 25.5 Å². The number of ether oxygens (including phenoxy) is 1. The van der Waals surface area contributed by atoms with Gasteiger partial charge in [-0.2, -0.15) is 0 Å². The Hall–Kier alpha value is -2.12. The van der Waals surface area contributed by atoms with E-state index in [1.54, 1.807) is 6.92 Å². The molecule has 0 atom stereocenters. The molecule has 0 aromatic heterocycles. The second-order valence-electron chi connectivity index (χ2n) is 5.73. The first kappa shape index (κ1) is 18.9. The topological polar surface area (TPSA) is 43.4 Å². The average Bonchev–Trinajstić information content (AvgIpc) is 2.54. The van der Waals surface area contributed by atoms with Crippen molar-refractivity contribution in [3.8, 4) is 11.8 Å². The number of hydrogen-bond donors (Lipinski definition) is 0. The quantitative estimate of drug-likeness (QED) is 0.193. The molecule has 0 spiro atoms. The monoisotopic (exact) mass is 328 g/mol. The molecule has 0 fully saturated rings. The summed E-state index contributed by atoms with van der Waals surface area (Å²) in [6, 6.07) is 10.2. The minimum atomic E-state index is -1.93. The highest BCUT2D eigenvalue weighted by molar-refractivity contribution is 6.94. The Morgan fingerprint density at radius 3 is 2.57 bits per heavy atom. The molecule has 0 amide bonds. The maximum Gasteiger partial charge on any atom is 0.345 e. The zero-order valence-corrected chi connectivity index (χ0v) is 15.1. The van der Waals surface area contributed by atoms with Gasteiger partial charge in [-0.3, -0.25) is 0 Å². The van der Waals surface area contributed by atoms with Gasteiger partial charge in [0.15, 0.2) is 0 Å². The summed E-state index contributed by atoms with van der Waals surface area (Å²) < 4.78 is 5.12. The van der Waals surface area contributed by atoms with Crippen LogP contribution in [0.2, 0.25) is 13.1 Å². The number of esters is 1. The van der Waals surface area contributed by atoms with Gasteiger partial charge in [-0.05, 0) is 13.3 Å². The van der Waals surface area contributed by atoms with Gasteiger partial charge in [0.2, 0.25) is 0 Å². The van der Waals surface area contributed by atoms with E-state index in [1.165, 1.54) is 5.19 Å². The van der Waals surface area contributed by atoms with Crippen molar-refractivity contribution in [2.75, 3.05) is 6.61 Å². The Morgan fingerprint density at radius 1 is 1.26 bits per heavy atom. The van der Waals surface area contributed by atoms with Crippen LogP contribution in [0.15, 0.2) is 41.6 Å². The molecule has 23 heavy (non-hydrogen) atoms. The third kappa shape index (κ3) is 6.66. The fraction of sp³-hybridized carbons (Fsp3) is 0.368. The summed E-state index contributed by atoms with van der Waals surface area (Å²) in [4.78, 5) is 22.5. The van der Waals surface area contributed by atoms with Gasteiger partial charge in [-0.1, -0.05) is 66.2 Å². The van der Waals surface area contributed by atoms with Gasteiger partial charge in [-0.25, -0.2) is 4.79 Å². The van der Waals surface area contributed by atoms with Crippen LogP contribution < -0.4 is 5.19 Å². The molecule has 0 aliphatic rings. The number of hydrogen-bond acceptors (Lipinski definition) is 3. The molecule has 122 valence electrons. The van der Waals surface area contributed by atoms with E-state index in [0.717, 1.165) is 6.29 Å². The van der Waals surface area contributed by atoms with Crippen LogP contribution in [0.5, 0.6) is 0 Å². The molecule has 0 heterocycles. The Balaban J connectivity index is 3.02. The molecular weight excluding hydrogens is 304 g/mol. The number of carbonyl (C=O) groups excluding carboxylic acids is 2. The summed E-state index contributed by atoms with van der Waals surface area (Å²) in [7, 11) is -1.93. The number of unbranched alkanes of at least 4 members (excludes halogenated alkanes) is 2. The van der Waals surface area contributed by atoms with Crippen LogP contribution in [0.1, 0.15) is 26.2 Å². The predicted molar refractivity (Wildman–Crippen MR) is 96.0 cm³/mol. The smallest absolute Gasteiger partial charge is 0.345 e. The molecule has 3 nitrogen and oxygen atoms in total. The number of rotatable bonds is 7. The fourth-order valence-electron chi connectivity index (χ4n) is 2.10. The zero-order valence-electron chi connectivity index (χ0n) is 14.1. The van der Waals surface area contributed by atoms with Crippen molar-refractivity contribution in [3.63, 3.8) is 0 Å². The van der Waals surface area contributed by atoms with Crippen molar-refractivity contribution in [2.24, 2.45) is 0 Å². The van der Waals surface area contributed by atoms with Gasteiger partial charge in [0.05, 0.1) is 6.61 Å². The summed E-state index contributed by atoms with van der Waals surface area (Å²) in [5, 5.41) is 1.24. The maximum atomic E-state index is 12.1. The lowest BCUT2D eigenvalue weighted by Crippen LogP contribution is -2.40. The molecule has 0 radical (unpaired) electrons. The lowest BCUT2D eigenvalue weighted by molar-refractivity contribution is -0.138. The lowest BCUT2D eigenvalue weighted by atomic mass is 10.2. The highest BCUT2D eigenvalue weighted by atomic mass is 28.3. The van der Waals surface area contributed by atoms with E-state index in [0.29, 0.717) is 31.4 Å². The molecule has 0 saturated carbocycles. The van der Waals surface area contributed by atoms with Crippen LogP contribution in [0, 0.1) is 11.8 Å². The van der Waals surface area contributed by atoms with Crippen molar-refractivity contribution in [2.45, 2.75) is 39.3 Å². The second-order valence-corrected chi connectivity index (χ2v) is 10.0. The van der Waals surface area contributed by atoms with Gasteiger partial charge >= 0.3 is 5.97 Å². The molecule has 0 N–H and O–H groups in total. The molecule has 1 aromatic rings. The van der Waals surface area contributed by atoms with E-state index in [9.17, 15) is 9.59 Å². The van der Waals surface area contributed by atoms with Gasteiger partial charge in [0.1, 0.15) is 19.9 Å². The van der Waals surface area contributed by atoms with Crippen LogP contribution >= 0.6 is 0 Å². The number of benzene rings is 1. The third-order valence-electron chi connectivity index (χ3n) is 3.37. The normalized spacial score (nSPS) is 11.3. The van der Waals surface area contributed by atoms with Crippen LogP contribution in [-0.2, 0) is 14.3 Å². The Kier molecular flexibility index (Phi) is 8.07. The zero-order chi connectivity index (χ0) is 17.1. The molecule has 4 heteroatoms. The standard InChI is InChI=1S/C19H24O3Si/c1-4-22-19(21)17(12-8-5-6-11-15-20)16-23(2,3)18-13-9-7-10-14-18/h7,9-10,13-16H,4-6,11H2,1-3H3/b17-16+. The SMILES string of the molecule is CCOC(=O)/C(C#CCCCC=O)=C/[Si](C)(C)c1ccccc1. The van der Waals surface area contributed by atoms with Crippen molar-refractivity contribution in [1.82, 2.24) is 0 Å². The molecule has 0 aliphatic heterocycles. The van der Waals surface area contributed by atoms with E-state index in [-0.39, 0.29) is 5.97 Å². The minimum Gasteiger partial charge on any atom is -0.462 e. The second kappa shape index (κ2) is 9.81. The Bertz CT molecular complexity index is 606. The largest absolute Gasteiger partial charge is 0.462 e. The Morgan fingerprint density at radius 2 is 1.96 bits per heavy atom. The average molecular weight is 328 g/mol. The van der Waals surface area contributed by atoms with Crippen LogP contribution in [-0.4, -0.2) is 26.9 Å². The van der Waals surface area contributed by atoms with Crippen LogP contribution in [0.4, 0.5) is 0 Å². The minimum absolute atomic E-state index is 0.330. The van der Waals surface area contributed by atoms with E-state index in [1.807, 2.05) is 23.9 Å². The fourth-order valence-corrected chi connectivity index (χ4v) is 4.23. The van der Waals surface area contributed by atoms with Gasteiger partial charge in [0.25, 0.3) is 0 Å². The Labute approximate surface area is 139 Å². The molecule has 0 unspecified atom stereocenters.